The van der Waals surface area contributed by atoms with Gasteiger partial charge in [-0.1, -0.05) is 18.2 Å². The third-order valence-electron chi connectivity index (χ3n) is 4.90. The number of ether oxygens (including phenoxy) is 1. The van der Waals surface area contributed by atoms with Crippen LogP contribution in [0.3, 0.4) is 0 Å². The number of benzene rings is 1. The molecule has 2 aromatic rings. The van der Waals surface area contributed by atoms with E-state index in [1.54, 1.807) is 7.11 Å². The number of imide groups is 1. The molecule has 3 N–H and O–H groups in total. The fourth-order valence-electron chi connectivity index (χ4n) is 3.39. The van der Waals surface area contributed by atoms with Crippen LogP contribution < -0.4 is 15.8 Å². The second-order valence-electron chi connectivity index (χ2n) is 6.85. The first-order valence-electron chi connectivity index (χ1n) is 9.55. The largest absolute Gasteiger partial charge is 0.497 e. The van der Waals surface area contributed by atoms with Gasteiger partial charge in [0.2, 0.25) is 5.91 Å². The zero-order valence-corrected chi connectivity index (χ0v) is 17.4. The lowest BCUT2D eigenvalue weighted by Gasteiger charge is -2.31. The van der Waals surface area contributed by atoms with Gasteiger partial charge in [-0.15, -0.1) is 10.2 Å². The number of thioether (sulfide) groups is 1. The molecule has 1 saturated heterocycles. The Bertz CT molecular complexity index is 848. The second kappa shape index (κ2) is 9.75. The molecule has 0 saturated carbocycles. The fourth-order valence-corrected chi connectivity index (χ4v) is 4.15. The molecule has 9 nitrogen and oxygen atoms in total. The average molecular weight is 419 g/mol. The van der Waals surface area contributed by atoms with Crippen LogP contribution in [0.2, 0.25) is 0 Å². The fraction of sp³-hybridized carbons (Fsp3) is 0.474. The van der Waals surface area contributed by atoms with Crippen molar-refractivity contribution in [3.8, 4) is 11.4 Å². The summed E-state index contributed by atoms with van der Waals surface area (Å²) in [5, 5.41) is 11.4. The third kappa shape index (κ3) is 5.27. The summed E-state index contributed by atoms with van der Waals surface area (Å²) in [5.74, 6) is 1.10. The summed E-state index contributed by atoms with van der Waals surface area (Å²) in [5.41, 5.74) is 5.89. The van der Waals surface area contributed by atoms with Crippen molar-refractivity contribution in [3.63, 3.8) is 0 Å². The number of piperidine rings is 1. The number of aromatic nitrogens is 3. The molecule has 3 amide bonds. The van der Waals surface area contributed by atoms with E-state index in [2.05, 4.69) is 27.3 Å². The van der Waals surface area contributed by atoms with Crippen molar-refractivity contribution in [2.75, 3.05) is 26.0 Å². The van der Waals surface area contributed by atoms with Gasteiger partial charge in [0.05, 0.1) is 18.9 Å². The minimum atomic E-state index is -0.869. The first kappa shape index (κ1) is 21.1. The number of hydrogen-bond donors (Lipinski definition) is 2. The van der Waals surface area contributed by atoms with Gasteiger partial charge < -0.3 is 10.5 Å². The molecule has 1 atom stereocenters. The summed E-state index contributed by atoms with van der Waals surface area (Å²) in [6.45, 7) is 4.18. The van der Waals surface area contributed by atoms with Crippen molar-refractivity contribution >= 4 is 23.7 Å². The van der Waals surface area contributed by atoms with Gasteiger partial charge in [0.25, 0.3) is 0 Å². The van der Waals surface area contributed by atoms with E-state index >= 15 is 0 Å². The number of nitrogens with zero attached hydrogens (tertiary/aromatic N) is 4. The highest BCUT2D eigenvalue weighted by molar-refractivity contribution is 7.99. The maximum atomic E-state index is 11.8. The van der Waals surface area contributed by atoms with E-state index in [0.717, 1.165) is 30.4 Å². The van der Waals surface area contributed by atoms with Crippen molar-refractivity contribution in [2.45, 2.75) is 37.4 Å². The standard InChI is InChI=1S/C19H26N6O3S/c1-13(24-10-4-3-5-11-24)17-22-23-19(29-12-16(26)21-18(20)27)25(17)14-6-8-15(28-2)9-7-14/h6-9,13H,3-5,10-12H2,1-2H3,(H3,20,21,26,27)/t13-/m1/s1. The first-order chi connectivity index (χ1) is 14.0. The van der Waals surface area contributed by atoms with Crippen LogP contribution in [-0.4, -0.2) is 57.6 Å². The van der Waals surface area contributed by atoms with E-state index < -0.39 is 11.9 Å². The Balaban J connectivity index is 1.89. The molecule has 10 heteroatoms. The number of urea groups is 1. The molecular weight excluding hydrogens is 392 g/mol. The number of methoxy groups -OCH3 is 1. The number of nitrogens with one attached hydrogen (secondary N) is 1. The van der Waals surface area contributed by atoms with Crippen LogP contribution >= 0.6 is 11.8 Å². The summed E-state index contributed by atoms with van der Waals surface area (Å²) in [6.07, 6.45) is 3.61. The van der Waals surface area contributed by atoms with Crippen LogP contribution in [0, 0.1) is 0 Å². The smallest absolute Gasteiger partial charge is 0.318 e. The topological polar surface area (TPSA) is 115 Å². The number of primary amides is 1. The van der Waals surface area contributed by atoms with E-state index in [1.807, 2.05) is 28.8 Å². The van der Waals surface area contributed by atoms with Gasteiger partial charge in [-0.05, 0) is 57.1 Å². The minimum absolute atomic E-state index is 0.00925. The highest BCUT2D eigenvalue weighted by Gasteiger charge is 2.26. The van der Waals surface area contributed by atoms with E-state index in [1.165, 1.54) is 31.0 Å². The molecular formula is C19H26N6O3S. The Hall–Kier alpha value is -2.59. The van der Waals surface area contributed by atoms with Crippen LogP contribution in [0.4, 0.5) is 4.79 Å². The number of amides is 3. The summed E-state index contributed by atoms with van der Waals surface area (Å²) < 4.78 is 7.21. The quantitative estimate of drug-likeness (QED) is 0.662. The third-order valence-corrected chi connectivity index (χ3v) is 5.82. The molecule has 156 valence electrons. The first-order valence-corrected chi connectivity index (χ1v) is 10.5. The van der Waals surface area contributed by atoms with Crippen molar-refractivity contribution in [1.82, 2.24) is 25.0 Å². The van der Waals surface area contributed by atoms with Crippen LogP contribution in [0.15, 0.2) is 29.4 Å². The molecule has 1 aromatic carbocycles. The van der Waals surface area contributed by atoms with Crippen molar-refractivity contribution in [1.29, 1.82) is 0 Å². The molecule has 0 unspecified atom stereocenters. The maximum absolute atomic E-state index is 11.8. The molecule has 1 aliphatic heterocycles. The van der Waals surface area contributed by atoms with Crippen LogP contribution in [0.5, 0.6) is 5.75 Å². The Morgan fingerprint density at radius 3 is 2.52 bits per heavy atom. The van der Waals surface area contributed by atoms with Gasteiger partial charge in [-0.2, -0.15) is 0 Å². The number of rotatable bonds is 7. The monoisotopic (exact) mass is 418 g/mol. The summed E-state index contributed by atoms with van der Waals surface area (Å²) in [6, 6.07) is 6.83. The van der Waals surface area contributed by atoms with Crippen molar-refractivity contribution in [3.05, 3.63) is 30.1 Å². The molecule has 0 radical (unpaired) electrons. The number of likely N-dealkylation sites (tertiary alicyclic amines) is 1. The molecule has 1 fully saturated rings. The summed E-state index contributed by atoms with van der Waals surface area (Å²) in [7, 11) is 1.62. The number of hydrogen-bond acceptors (Lipinski definition) is 7. The summed E-state index contributed by atoms with van der Waals surface area (Å²) in [4.78, 5) is 25.1. The van der Waals surface area contributed by atoms with Gasteiger partial charge in [0.15, 0.2) is 11.0 Å². The molecule has 1 aromatic heterocycles. The lowest BCUT2D eigenvalue weighted by molar-refractivity contribution is -0.117. The Kier molecular flexibility index (Phi) is 7.10. The van der Waals surface area contributed by atoms with E-state index in [9.17, 15) is 9.59 Å². The predicted octanol–water partition coefficient (Wildman–Crippen LogP) is 2.11. The van der Waals surface area contributed by atoms with Gasteiger partial charge in [-0.3, -0.25) is 19.6 Å². The minimum Gasteiger partial charge on any atom is -0.497 e. The molecule has 2 heterocycles. The highest BCUT2D eigenvalue weighted by Crippen LogP contribution is 2.30. The van der Waals surface area contributed by atoms with Gasteiger partial charge in [0.1, 0.15) is 5.75 Å². The Morgan fingerprint density at radius 2 is 1.90 bits per heavy atom. The normalized spacial score (nSPS) is 15.7. The molecule has 0 bridgehead atoms. The maximum Gasteiger partial charge on any atom is 0.318 e. The zero-order valence-electron chi connectivity index (χ0n) is 16.6. The second-order valence-corrected chi connectivity index (χ2v) is 7.79. The lowest BCUT2D eigenvalue weighted by atomic mass is 10.1. The number of nitrogens with two attached hydrogens (primary N) is 1. The van der Waals surface area contributed by atoms with E-state index in [4.69, 9.17) is 10.5 Å². The molecule has 29 heavy (non-hydrogen) atoms. The van der Waals surface area contributed by atoms with Crippen molar-refractivity contribution < 1.29 is 14.3 Å². The lowest BCUT2D eigenvalue weighted by Crippen LogP contribution is -2.36. The SMILES string of the molecule is COc1ccc(-n2c(SCC(=O)NC(N)=O)nnc2[C@@H](C)N2CCCCC2)cc1. The Labute approximate surface area is 174 Å². The molecule has 1 aliphatic rings. The zero-order chi connectivity index (χ0) is 20.8. The summed E-state index contributed by atoms with van der Waals surface area (Å²) >= 11 is 1.21. The van der Waals surface area contributed by atoms with Crippen LogP contribution in [0.25, 0.3) is 5.69 Å². The van der Waals surface area contributed by atoms with Gasteiger partial charge in [0, 0.05) is 5.69 Å². The molecule has 0 spiro atoms. The molecule has 3 rings (SSSR count). The molecule has 0 aliphatic carbocycles. The predicted molar refractivity (Wildman–Crippen MR) is 110 cm³/mol. The van der Waals surface area contributed by atoms with Gasteiger partial charge >= 0.3 is 6.03 Å². The highest BCUT2D eigenvalue weighted by atomic mass is 32.2. The average Bonchev–Trinajstić information content (AvgIpc) is 3.16. The Morgan fingerprint density at radius 1 is 1.21 bits per heavy atom. The van der Waals surface area contributed by atoms with E-state index in [-0.39, 0.29) is 11.8 Å². The number of carbonyl (C=O) groups excluding carboxylic acids is 2. The van der Waals surface area contributed by atoms with E-state index in [0.29, 0.717) is 5.16 Å². The van der Waals surface area contributed by atoms with Crippen molar-refractivity contribution in [2.24, 2.45) is 5.73 Å². The van der Waals surface area contributed by atoms with Gasteiger partial charge in [-0.25, -0.2) is 4.79 Å². The van der Waals surface area contributed by atoms with Crippen LogP contribution in [0.1, 0.15) is 38.1 Å². The van der Waals surface area contributed by atoms with Crippen LogP contribution in [-0.2, 0) is 4.79 Å². The number of carbonyl (C=O) groups is 2.